The third-order valence-corrected chi connectivity index (χ3v) is 4.83. The molecule has 1 amide bonds. The predicted octanol–water partition coefficient (Wildman–Crippen LogP) is 2.37. The number of rotatable bonds is 2. The summed E-state index contributed by atoms with van der Waals surface area (Å²) in [6.45, 7) is 2.60. The second-order valence-corrected chi connectivity index (χ2v) is 6.46. The highest BCUT2D eigenvalue weighted by molar-refractivity contribution is 6.02. The summed E-state index contributed by atoms with van der Waals surface area (Å²) in [5.74, 6) is -0.813. The van der Waals surface area contributed by atoms with Crippen LogP contribution in [0.4, 0.5) is 10.1 Å². The van der Waals surface area contributed by atoms with Crippen molar-refractivity contribution in [3.63, 3.8) is 0 Å². The average molecular weight is 326 g/mol. The van der Waals surface area contributed by atoms with Crippen molar-refractivity contribution < 1.29 is 9.18 Å². The molecule has 1 aromatic carbocycles. The Bertz CT molecular complexity index is 757. The highest BCUT2D eigenvalue weighted by Gasteiger charge is 2.40. The van der Waals surface area contributed by atoms with E-state index in [2.05, 4.69) is 20.5 Å². The second-order valence-electron chi connectivity index (χ2n) is 6.46. The van der Waals surface area contributed by atoms with E-state index in [1.165, 1.54) is 11.6 Å². The molecule has 124 valence electrons. The van der Waals surface area contributed by atoms with Gasteiger partial charge in [-0.25, -0.2) is 4.39 Å². The SMILES string of the molecule is O=C1NC2(CCN(Cc3ccncc3)CC2)Nc2cccc(F)c21. The normalized spacial score (nSPS) is 19.5. The standard InChI is InChI=1S/C18H19FN4O/c19-14-2-1-3-15-16(14)17(24)22-18(21-15)6-10-23(11-7-18)12-13-4-8-20-9-5-13/h1-5,8-9,21H,6-7,10-12H2,(H,22,24). The van der Waals surface area contributed by atoms with Gasteiger partial charge < -0.3 is 10.6 Å². The number of benzene rings is 1. The molecule has 4 rings (SSSR count). The molecule has 0 radical (unpaired) electrons. The monoisotopic (exact) mass is 326 g/mol. The molecular formula is C18H19FN4O. The van der Waals surface area contributed by atoms with Gasteiger partial charge in [0.2, 0.25) is 0 Å². The maximum atomic E-state index is 13.9. The summed E-state index contributed by atoms with van der Waals surface area (Å²) in [5.41, 5.74) is 1.45. The largest absolute Gasteiger partial charge is 0.362 e. The molecule has 0 bridgehead atoms. The van der Waals surface area contributed by atoms with Crippen molar-refractivity contribution in [3.05, 3.63) is 59.7 Å². The summed E-state index contributed by atoms with van der Waals surface area (Å²) in [6, 6.07) is 8.75. The Kier molecular flexibility index (Phi) is 3.69. The van der Waals surface area contributed by atoms with Crippen LogP contribution in [0.5, 0.6) is 0 Å². The van der Waals surface area contributed by atoms with Crippen molar-refractivity contribution in [2.75, 3.05) is 18.4 Å². The summed E-state index contributed by atoms with van der Waals surface area (Å²) in [7, 11) is 0. The molecule has 24 heavy (non-hydrogen) atoms. The number of fused-ring (bicyclic) bond motifs is 1. The summed E-state index contributed by atoms with van der Waals surface area (Å²) in [5, 5.41) is 6.35. The van der Waals surface area contributed by atoms with E-state index in [1.54, 1.807) is 24.5 Å². The molecule has 2 aromatic rings. The predicted molar refractivity (Wildman–Crippen MR) is 89.0 cm³/mol. The summed E-state index contributed by atoms with van der Waals surface area (Å²) in [6.07, 6.45) is 5.16. The highest BCUT2D eigenvalue weighted by Crippen LogP contribution is 2.32. The number of hydrogen-bond acceptors (Lipinski definition) is 4. The molecule has 1 aromatic heterocycles. The number of aromatic nitrogens is 1. The van der Waals surface area contributed by atoms with Gasteiger partial charge in [-0.05, 0) is 29.8 Å². The maximum Gasteiger partial charge on any atom is 0.258 e. The van der Waals surface area contributed by atoms with Crippen LogP contribution in [0.25, 0.3) is 0 Å². The molecule has 5 nitrogen and oxygen atoms in total. The lowest BCUT2D eigenvalue weighted by atomic mass is 9.92. The Morgan fingerprint density at radius 3 is 2.62 bits per heavy atom. The van der Waals surface area contributed by atoms with Crippen LogP contribution in [0.15, 0.2) is 42.7 Å². The zero-order valence-electron chi connectivity index (χ0n) is 13.3. The van der Waals surface area contributed by atoms with E-state index in [0.29, 0.717) is 5.69 Å². The Labute approximate surface area is 139 Å². The number of piperidine rings is 1. The molecule has 1 saturated heterocycles. The van der Waals surface area contributed by atoms with Crippen LogP contribution in [0.3, 0.4) is 0 Å². The van der Waals surface area contributed by atoms with E-state index >= 15 is 0 Å². The van der Waals surface area contributed by atoms with Crippen LogP contribution >= 0.6 is 0 Å². The van der Waals surface area contributed by atoms with Crippen molar-refractivity contribution in [1.82, 2.24) is 15.2 Å². The Morgan fingerprint density at radius 1 is 1.12 bits per heavy atom. The lowest BCUT2D eigenvalue weighted by molar-refractivity contribution is 0.0817. The smallest absolute Gasteiger partial charge is 0.258 e. The van der Waals surface area contributed by atoms with Crippen molar-refractivity contribution in [2.24, 2.45) is 0 Å². The van der Waals surface area contributed by atoms with E-state index in [1.807, 2.05) is 12.1 Å². The summed E-state index contributed by atoms with van der Waals surface area (Å²) in [4.78, 5) is 18.7. The van der Waals surface area contributed by atoms with Crippen molar-refractivity contribution in [3.8, 4) is 0 Å². The quantitative estimate of drug-likeness (QED) is 0.890. The zero-order valence-corrected chi connectivity index (χ0v) is 13.3. The number of carbonyl (C=O) groups excluding carboxylic acids is 1. The minimum absolute atomic E-state index is 0.113. The number of pyridine rings is 1. The number of carbonyl (C=O) groups is 1. The third kappa shape index (κ3) is 2.73. The molecule has 0 unspecified atom stereocenters. The highest BCUT2D eigenvalue weighted by atomic mass is 19.1. The van der Waals surface area contributed by atoms with Crippen molar-refractivity contribution >= 4 is 11.6 Å². The molecule has 1 spiro atoms. The first-order valence-corrected chi connectivity index (χ1v) is 8.16. The van der Waals surface area contributed by atoms with Gasteiger partial charge in [0.1, 0.15) is 11.5 Å². The van der Waals surface area contributed by atoms with Gasteiger partial charge in [0.25, 0.3) is 5.91 Å². The Hall–Kier alpha value is -2.47. The minimum atomic E-state index is -0.484. The van der Waals surface area contributed by atoms with E-state index < -0.39 is 11.5 Å². The molecule has 1 fully saturated rings. The first-order valence-electron chi connectivity index (χ1n) is 8.16. The van der Waals surface area contributed by atoms with Gasteiger partial charge in [0, 0.05) is 44.9 Å². The molecule has 0 aliphatic carbocycles. The lowest BCUT2D eigenvalue weighted by Gasteiger charge is -2.46. The van der Waals surface area contributed by atoms with Crippen LogP contribution in [-0.2, 0) is 6.54 Å². The van der Waals surface area contributed by atoms with E-state index in [9.17, 15) is 9.18 Å². The van der Waals surface area contributed by atoms with Gasteiger partial charge in [-0.2, -0.15) is 0 Å². The molecule has 2 aliphatic rings. The number of likely N-dealkylation sites (tertiary alicyclic amines) is 1. The molecular weight excluding hydrogens is 307 g/mol. The van der Waals surface area contributed by atoms with Gasteiger partial charge in [0.15, 0.2) is 0 Å². The Balaban J connectivity index is 1.46. The fraction of sp³-hybridized carbons (Fsp3) is 0.333. The van der Waals surface area contributed by atoms with Gasteiger partial charge >= 0.3 is 0 Å². The second kappa shape index (κ2) is 5.87. The average Bonchev–Trinajstić information content (AvgIpc) is 2.58. The number of nitrogens with zero attached hydrogens (tertiary/aromatic N) is 2. The lowest BCUT2D eigenvalue weighted by Crippen LogP contribution is -2.62. The van der Waals surface area contributed by atoms with Gasteiger partial charge in [-0.15, -0.1) is 0 Å². The first kappa shape index (κ1) is 15.1. The van der Waals surface area contributed by atoms with Gasteiger partial charge in [0.05, 0.1) is 11.3 Å². The van der Waals surface area contributed by atoms with E-state index in [-0.39, 0.29) is 11.5 Å². The van der Waals surface area contributed by atoms with E-state index in [0.717, 1.165) is 32.5 Å². The van der Waals surface area contributed by atoms with Gasteiger partial charge in [-0.1, -0.05) is 6.07 Å². The van der Waals surface area contributed by atoms with Crippen LogP contribution in [0, 0.1) is 5.82 Å². The minimum Gasteiger partial charge on any atom is -0.362 e. The molecule has 2 aliphatic heterocycles. The summed E-state index contributed by atoms with van der Waals surface area (Å²) >= 11 is 0. The molecule has 0 atom stereocenters. The molecule has 6 heteroatoms. The van der Waals surface area contributed by atoms with Crippen LogP contribution in [0.2, 0.25) is 0 Å². The number of halogens is 1. The molecule has 2 N–H and O–H groups in total. The number of amides is 1. The molecule has 3 heterocycles. The zero-order chi connectivity index (χ0) is 16.6. The number of anilines is 1. The van der Waals surface area contributed by atoms with Crippen LogP contribution < -0.4 is 10.6 Å². The Morgan fingerprint density at radius 2 is 1.88 bits per heavy atom. The van der Waals surface area contributed by atoms with Crippen molar-refractivity contribution in [2.45, 2.75) is 25.0 Å². The summed E-state index contributed by atoms with van der Waals surface area (Å²) < 4.78 is 13.9. The van der Waals surface area contributed by atoms with Crippen LogP contribution in [0.1, 0.15) is 28.8 Å². The van der Waals surface area contributed by atoms with Crippen LogP contribution in [-0.4, -0.2) is 34.5 Å². The van der Waals surface area contributed by atoms with Gasteiger partial charge in [-0.3, -0.25) is 14.7 Å². The first-order chi connectivity index (χ1) is 11.7. The van der Waals surface area contributed by atoms with Crippen molar-refractivity contribution in [1.29, 1.82) is 0 Å². The third-order valence-electron chi connectivity index (χ3n) is 4.83. The fourth-order valence-electron chi connectivity index (χ4n) is 3.52. The fourth-order valence-corrected chi connectivity index (χ4v) is 3.52. The molecule has 0 saturated carbocycles. The number of nitrogens with one attached hydrogen (secondary N) is 2. The van der Waals surface area contributed by atoms with E-state index in [4.69, 9.17) is 0 Å². The maximum absolute atomic E-state index is 13.9. The number of hydrogen-bond donors (Lipinski definition) is 2. The topological polar surface area (TPSA) is 57.3 Å².